The molecule has 20 heavy (non-hydrogen) atoms. The van der Waals surface area contributed by atoms with Gasteiger partial charge in [0.25, 0.3) is 0 Å². The van der Waals surface area contributed by atoms with Gasteiger partial charge in [-0.1, -0.05) is 30.3 Å². The summed E-state index contributed by atoms with van der Waals surface area (Å²) in [6, 6.07) is 14.9. The Morgan fingerprint density at radius 2 is 2.00 bits per heavy atom. The molecule has 0 unspecified atom stereocenters. The van der Waals surface area contributed by atoms with Crippen LogP contribution in [0.4, 0.5) is 4.39 Å². The molecule has 0 amide bonds. The van der Waals surface area contributed by atoms with Crippen molar-refractivity contribution in [1.29, 1.82) is 5.26 Å². The molecule has 0 saturated carbocycles. The molecule has 0 spiro atoms. The predicted octanol–water partition coefficient (Wildman–Crippen LogP) is 3.86. The summed E-state index contributed by atoms with van der Waals surface area (Å²) in [7, 11) is 0. The number of hydrogen-bond acceptors (Lipinski definition) is 2. The van der Waals surface area contributed by atoms with Crippen molar-refractivity contribution in [2.75, 3.05) is 0 Å². The Labute approximate surface area is 118 Å². The highest BCUT2D eigenvalue weighted by molar-refractivity contribution is 5.34. The van der Waals surface area contributed by atoms with Gasteiger partial charge >= 0.3 is 0 Å². The van der Waals surface area contributed by atoms with Crippen molar-refractivity contribution in [1.82, 2.24) is 5.32 Å². The number of halogens is 1. The molecule has 0 bridgehead atoms. The zero-order valence-corrected chi connectivity index (χ0v) is 11.7. The summed E-state index contributed by atoms with van der Waals surface area (Å²) in [6.07, 6.45) is 0. The van der Waals surface area contributed by atoms with Crippen molar-refractivity contribution < 1.29 is 4.39 Å². The van der Waals surface area contributed by atoms with Crippen LogP contribution in [0.2, 0.25) is 0 Å². The Balaban J connectivity index is 2.06. The number of nitrogens with zero attached hydrogens (tertiary/aromatic N) is 1. The largest absolute Gasteiger partial charge is 0.306 e. The summed E-state index contributed by atoms with van der Waals surface area (Å²) in [5, 5.41) is 12.2. The molecule has 0 aromatic heterocycles. The molecular formula is C17H17FN2. The maximum absolute atomic E-state index is 13.2. The fraction of sp³-hybridized carbons (Fsp3) is 0.235. The third kappa shape index (κ3) is 3.23. The predicted molar refractivity (Wildman–Crippen MR) is 77.5 cm³/mol. The molecule has 102 valence electrons. The first-order valence-electron chi connectivity index (χ1n) is 6.59. The second kappa shape index (κ2) is 6.31. The van der Waals surface area contributed by atoms with Gasteiger partial charge < -0.3 is 5.32 Å². The Kier molecular flexibility index (Phi) is 4.49. The molecule has 0 heterocycles. The van der Waals surface area contributed by atoms with E-state index in [0.29, 0.717) is 6.54 Å². The molecule has 0 aliphatic rings. The van der Waals surface area contributed by atoms with Gasteiger partial charge in [0, 0.05) is 12.6 Å². The van der Waals surface area contributed by atoms with Gasteiger partial charge in [-0.15, -0.1) is 0 Å². The molecule has 2 rings (SSSR count). The van der Waals surface area contributed by atoms with Gasteiger partial charge in [0.1, 0.15) is 11.9 Å². The third-order valence-electron chi connectivity index (χ3n) is 3.42. The van der Waals surface area contributed by atoms with Crippen molar-refractivity contribution in [2.45, 2.75) is 26.4 Å². The maximum Gasteiger partial charge on any atom is 0.140 e. The zero-order valence-electron chi connectivity index (χ0n) is 11.7. The number of nitriles is 1. The van der Waals surface area contributed by atoms with E-state index in [9.17, 15) is 4.39 Å². The second-order valence-corrected chi connectivity index (χ2v) is 4.89. The van der Waals surface area contributed by atoms with Gasteiger partial charge in [-0.05, 0) is 42.7 Å². The zero-order chi connectivity index (χ0) is 14.5. The molecule has 0 fully saturated rings. The van der Waals surface area contributed by atoms with Crippen LogP contribution in [0, 0.1) is 24.1 Å². The highest BCUT2D eigenvalue weighted by Gasteiger charge is 2.08. The molecule has 0 aliphatic carbocycles. The van der Waals surface area contributed by atoms with Crippen LogP contribution in [-0.4, -0.2) is 0 Å². The minimum atomic E-state index is -0.469. The molecule has 2 aromatic carbocycles. The van der Waals surface area contributed by atoms with Gasteiger partial charge in [-0.3, -0.25) is 0 Å². The number of benzene rings is 2. The fourth-order valence-corrected chi connectivity index (χ4v) is 2.22. The van der Waals surface area contributed by atoms with E-state index < -0.39 is 5.82 Å². The van der Waals surface area contributed by atoms with Gasteiger partial charge in [0.15, 0.2) is 0 Å². The third-order valence-corrected chi connectivity index (χ3v) is 3.42. The van der Waals surface area contributed by atoms with Crippen molar-refractivity contribution in [3.05, 3.63) is 70.5 Å². The number of nitrogens with one attached hydrogen (secondary N) is 1. The molecule has 0 radical (unpaired) electrons. The van der Waals surface area contributed by atoms with Gasteiger partial charge in [-0.2, -0.15) is 5.26 Å². The monoisotopic (exact) mass is 268 g/mol. The van der Waals surface area contributed by atoms with Crippen LogP contribution in [-0.2, 0) is 6.54 Å². The first-order valence-corrected chi connectivity index (χ1v) is 6.59. The summed E-state index contributed by atoms with van der Waals surface area (Å²) in [5.74, 6) is -0.469. The van der Waals surface area contributed by atoms with E-state index in [1.807, 2.05) is 18.2 Å². The van der Waals surface area contributed by atoms with Crippen molar-refractivity contribution in [3.8, 4) is 6.07 Å². The van der Waals surface area contributed by atoms with Crippen LogP contribution in [0.1, 0.15) is 35.2 Å². The van der Waals surface area contributed by atoms with Gasteiger partial charge in [0.05, 0.1) is 5.56 Å². The number of hydrogen-bond donors (Lipinski definition) is 1. The van der Waals surface area contributed by atoms with Crippen LogP contribution in [0.3, 0.4) is 0 Å². The number of rotatable bonds is 4. The molecule has 0 aliphatic heterocycles. The van der Waals surface area contributed by atoms with Gasteiger partial charge in [-0.25, -0.2) is 4.39 Å². The minimum Gasteiger partial charge on any atom is -0.306 e. The first-order chi connectivity index (χ1) is 9.61. The average Bonchev–Trinajstić information content (AvgIpc) is 2.46. The van der Waals surface area contributed by atoms with E-state index in [2.05, 4.69) is 31.3 Å². The van der Waals surface area contributed by atoms with E-state index in [1.54, 1.807) is 12.1 Å². The lowest BCUT2D eigenvalue weighted by molar-refractivity contribution is 0.570. The number of aryl methyl sites for hydroxylation is 1. The topological polar surface area (TPSA) is 35.8 Å². The van der Waals surface area contributed by atoms with Crippen LogP contribution in [0.25, 0.3) is 0 Å². The quantitative estimate of drug-likeness (QED) is 0.914. The van der Waals surface area contributed by atoms with E-state index in [4.69, 9.17) is 5.26 Å². The van der Waals surface area contributed by atoms with Crippen molar-refractivity contribution in [2.24, 2.45) is 0 Å². The molecular weight excluding hydrogens is 251 g/mol. The summed E-state index contributed by atoms with van der Waals surface area (Å²) >= 11 is 0. The highest BCUT2D eigenvalue weighted by atomic mass is 19.1. The molecule has 1 N–H and O–H groups in total. The van der Waals surface area contributed by atoms with Crippen molar-refractivity contribution >= 4 is 0 Å². The summed E-state index contributed by atoms with van der Waals surface area (Å²) in [4.78, 5) is 0. The lowest BCUT2D eigenvalue weighted by Gasteiger charge is -2.16. The van der Waals surface area contributed by atoms with Crippen molar-refractivity contribution in [3.63, 3.8) is 0 Å². The molecule has 0 saturated heterocycles. The summed E-state index contributed by atoms with van der Waals surface area (Å²) in [6.45, 7) is 4.78. The SMILES string of the molecule is Cc1ccccc1[C@H](C)NCc1ccc(F)c(C#N)c1. The van der Waals surface area contributed by atoms with E-state index in [0.717, 1.165) is 5.56 Å². The molecule has 3 heteroatoms. The Morgan fingerprint density at radius 3 is 2.70 bits per heavy atom. The van der Waals surface area contributed by atoms with Crippen LogP contribution < -0.4 is 5.32 Å². The maximum atomic E-state index is 13.2. The Morgan fingerprint density at radius 1 is 1.25 bits per heavy atom. The smallest absolute Gasteiger partial charge is 0.140 e. The second-order valence-electron chi connectivity index (χ2n) is 4.89. The fourth-order valence-electron chi connectivity index (χ4n) is 2.22. The summed E-state index contributed by atoms with van der Waals surface area (Å²) in [5.41, 5.74) is 3.48. The first kappa shape index (κ1) is 14.2. The lowest BCUT2D eigenvalue weighted by atomic mass is 10.0. The highest BCUT2D eigenvalue weighted by Crippen LogP contribution is 2.17. The van der Waals surface area contributed by atoms with E-state index in [-0.39, 0.29) is 11.6 Å². The van der Waals surface area contributed by atoms with Crippen LogP contribution in [0.5, 0.6) is 0 Å². The van der Waals surface area contributed by atoms with E-state index in [1.165, 1.54) is 17.2 Å². The van der Waals surface area contributed by atoms with E-state index >= 15 is 0 Å². The molecule has 2 nitrogen and oxygen atoms in total. The summed E-state index contributed by atoms with van der Waals surface area (Å²) < 4.78 is 13.2. The Bertz CT molecular complexity index is 644. The molecule has 2 aromatic rings. The standard InChI is InChI=1S/C17H17FN2/c1-12-5-3-4-6-16(12)13(2)20-11-14-7-8-17(18)15(9-14)10-19/h3-9,13,20H,11H2,1-2H3/t13-/m0/s1. The normalized spacial score (nSPS) is 11.9. The average molecular weight is 268 g/mol. The lowest BCUT2D eigenvalue weighted by Crippen LogP contribution is -2.19. The van der Waals surface area contributed by atoms with Crippen LogP contribution >= 0.6 is 0 Å². The van der Waals surface area contributed by atoms with Gasteiger partial charge in [0.2, 0.25) is 0 Å². The Hall–Kier alpha value is -2.18. The molecule has 1 atom stereocenters. The minimum absolute atomic E-state index is 0.0906. The van der Waals surface area contributed by atoms with Crippen LogP contribution in [0.15, 0.2) is 42.5 Å².